The molecule has 0 bridgehead atoms. The van der Waals surface area contributed by atoms with Gasteiger partial charge in [0.1, 0.15) is 0 Å². The minimum Gasteiger partial charge on any atom is -0.374 e. The molecule has 15 unspecified atom stereocenters. The van der Waals surface area contributed by atoms with Crippen molar-refractivity contribution in [2.24, 2.45) is 59.2 Å². The average Bonchev–Trinajstić information content (AvgIpc) is 3.91. The highest BCUT2D eigenvalue weighted by Crippen LogP contribution is 2.64. The van der Waals surface area contributed by atoms with Crippen molar-refractivity contribution in [1.29, 1.82) is 0 Å². The van der Waals surface area contributed by atoms with Crippen LogP contribution in [0.5, 0.6) is 0 Å². The molecule has 11 rings (SSSR count). The largest absolute Gasteiger partial charge is 0.374 e. The van der Waals surface area contributed by atoms with Crippen LogP contribution in [0.2, 0.25) is 0 Å². The number of hydrogen-bond donors (Lipinski definition) is 0. The molecule has 0 aromatic carbocycles. The van der Waals surface area contributed by atoms with Crippen molar-refractivity contribution >= 4 is 23.5 Å². The Bertz CT molecular complexity index is 1210. The van der Waals surface area contributed by atoms with Gasteiger partial charge in [-0.15, -0.1) is 0 Å². The molecule has 3 aliphatic heterocycles. The molecule has 8 aliphatic carbocycles. The molecule has 0 N–H and O–H groups in total. The number of hydrogen-bond acceptors (Lipinski definition) is 4. The lowest BCUT2D eigenvalue weighted by Gasteiger charge is -2.54. The van der Waals surface area contributed by atoms with Crippen LogP contribution in [0.25, 0.3) is 0 Å². The molecule has 4 heteroatoms. The topological polar surface area (TPSA) is 12.5 Å². The highest BCUT2D eigenvalue weighted by atomic mass is 32.2. The Morgan fingerprint density at radius 2 is 0.846 bits per heavy atom. The fourth-order valence-corrected chi connectivity index (χ4v) is 22.3. The van der Waals surface area contributed by atoms with Crippen LogP contribution in [0.1, 0.15) is 186 Å². The summed E-state index contributed by atoms with van der Waals surface area (Å²) in [7, 11) is 0. The summed E-state index contributed by atoms with van der Waals surface area (Å²) in [5.74, 6) is 10.2. The second kappa shape index (κ2) is 15.4. The van der Waals surface area contributed by atoms with E-state index in [2.05, 4.69) is 28.4 Å². The van der Waals surface area contributed by atoms with Gasteiger partial charge in [0, 0.05) is 45.0 Å². The molecular weight excluding hydrogens is 671 g/mol. The first-order valence-corrected chi connectivity index (χ1v) is 26.4. The minimum absolute atomic E-state index is 0.612. The number of fused-ring (bicyclic) bond motifs is 10. The van der Waals surface area contributed by atoms with Crippen molar-refractivity contribution in [3.63, 3.8) is 0 Å². The molecule has 2 nitrogen and oxygen atoms in total. The third kappa shape index (κ3) is 6.30. The van der Waals surface area contributed by atoms with E-state index in [1.807, 2.05) is 0 Å². The normalized spacial score (nSPS) is 52.7. The van der Waals surface area contributed by atoms with Gasteiger partial charge >= 0.3 is 0 Å². The second-order valence-corrected chi connectivity index (χ2v) is 24.2. The van der Waals surface area contributed by atoms with E-state index in [-0.39, 0.29) is 0 Å². The Morgan fingerprint density at radius 3 is 1.56 bits per heavy atom. The molecule has 3 saturated heterocycles. The Kier molecular flexibility index (Phi) is 10.6. The lowest BCUT2D eigenvalue weighted by molar-refractivity contribution is -0.0161. The SMILES string of the molecule is C1CCC(C2CCC(N(C3CCCC4C5CCCC(C6CCCCC6)C5SC43)C3CCCC4C5CCC6OC7CCCCC7C6C5SC43)CC2)CC1. The van der Waals surface area contributed by atoms with E-state index in [4.69, 9.17) is 4.74 Å². The van der Waals surface area contributed by atoms with E-state index in [1.54, 1.807) is 89.9 Å². The standard InChI is InChI=1S/C48H77NOS2/c1-3-12-30(13-4-1)31-24-26-33(27-25-31)49(40-21-10-19-36-35-18-9-17-34(45(35)51-46(36)40)32-14-5-2-6-15-32)41-22-11-20-37-38-28-29-43-44(48(38)52-47(37)41)39-16-7-8-23-42(39)50-43/h30-48H,1-29H2. The molecule has 292 valence electrons. The minimum atomic E-state index is 0.612. The van der Waals surface area contributed by atoms with E-state index in [1.165, 1.54) is 96.3 Å². The quantitative estimate of drug-likeness (QED) is 0.277. The molecule has 3 heterocycles. The van der Waals surface area contributed by atoms with Crippen LogP contribution in [0.4, 0.5) is 0 Å². The highest BCUT2D eigenvalue weighted by molar-refractivity contribution is 8.01. The summed E-state index contributed by atoms with van der Waals surface area (Å²) >= 11 is 5.31. The predicted octanol–water partition coefficient (Wildman–Crippen LogP) is 12.7. The fraction of sp³-hybridized carbons (Fsp3) is 1.00. The Morgan fingerprint density at radius 1 is 0.327 bits per heavy atom. The molecule has 0 aromatic heterocycles. The van der Waals surface area contributed by atoms with Gasteiger partial charge in [-0.3, -0.25) is 4.90 Å². The van der Waals surface area contributed by atoms with E-state index in [9.17, 15) is 0 Å². The molecule has 8 saturated carbocycles. The molecule has 15 atom stereocenters. The number of nitrogens with zero attached hydrogens (tertiary/aromatic N) is 1. The van der Waals surface area contributed by atoms with Crippen LogP contribution < -0.4 is 0 Å². The molecule has 52 heavy (non-hydrogen) atoms. The number of rotatable bonds is 5. The van der Waals surface area contributed by atoms with Gasteiger partial charge < -0.3 is 4.74 Å². The summed E-state index contributed by atoms with van der Waals surface area (Å²) in [6, 6.07) is 2.64. The maximum Gasteiger partial charge on any atom is 0.0621 e. The summed E-state index contributed by atoms with van der Waals surface area (Å²) in [4.78, 5) is 3.51. The van der Waals surface area contributed by atoms with Crippen molar-refractivity contribution in [2.75, 3.05) is 0 Å². The monoisotopic (exact) mass is 748 g/mol. The van der Waals surface area contributed by atoms with Crippen molar-refractivity contribution in [3.8, 4) is 0 Å². The molecule has 11 fully saturated rings. The van der Waals surface area contributed by atoms with Crippen molar-refractivity contribution in [2.45, 2.75) is 238 Å². The van der Waals surface area contributed by atoms with Crippen LogP contribution in [0, 0.1) is 59.2 Å². The Hall–Kier alpha value is 0.620. The van der Waals surface area contributed by atoms with Gasteiger partial charge in [0.25, 0.3) is 0 Å². The molecule has 11 aliphatic rings. The van der Waals surface area contributed by atoms with E-state index in [0.717, 1.165) is 98.3 Å². The summed E-state index contributed by atoms with van der Waals surface area (Å²) in [5, 5.41) is 3.81. The van der Waals surface area contributed by atoms with E-state index < -0.39 is 0 Å². The average molecular weight is 748 g/mol. The number of thioether (sulfide) groups is 2. The zero-order chi connectivity index (χ0) is 34.2. The number of ether oxygens (including phenoxy) is 1. The third-order valence-electron chi connectivity index (χ3n) is 19.4. The molecule has 0 radical (unpaired) electrons. The first-order valence-electron chi connectivity index (χ1n) is 24.5. The first kappa shape index (κ1) is 35.8. The van der Waals surface area contributed by atoms with Gasteiger partial charge in [-0.2, -0.15) is 23.5 Å². The van der Waals surface area contributed by atoms with Crippen LogP contribution in [-0.4, -0.2) is 56.2 Å². The van der Waals surface area contributed by atoms with Gasteiger partial charge in [0.15, 0.2) is 0 Å². The summed E-state index contributed by atoms with van der Waals surface area (Å²) in [6.07, 6.45) is 45.6. The van der Waals surface area contributed by atoms with Gasteiger partial charge in [0.05, 0.1) is 12.2 Å². The smallest absolute Gasteiger partial charge is 0.0621 e. The van der Waals surface area contributed by atoms with Crippen LogP contribution in [0.15, 0.2) is 0 Å². The Balaban J connectivity index is 0.889. The van der Waals surface area contributed by atoms with E-state index in [0.29, 0.717) is 12.2 Å². The maximum atomic E-state index is 6.98. The molecular formula is C48H77NOS2. The van der Waals surface area contributed by atoms with Crippen LogP contribution in [-0.2, 0) is 4.74 Å². The third-order valence-corrected chi connectivity index (χ3v) is 23.4. The Labute approximate surface area is 328 Å². The first-order chi connectivity index (χ1) is 25.8. The van der Waals surface area contributed by atoms with E-state index >= 15 is 0 Å². The zero-order valence-electron chi connectivity index (χ0n) is 33.1. The van der Waals surface area contributed by atoms with Crippen LogP contribution in [0.3, 0.4) is 0 Å². The predicted molar refractivity (Wildman–Crippen MR) is 221 cm³/mol. The van der Waals surface area contributed by atoms with Crippen LogP contribution >= 0.6 is 23.5 Å². The molecule has 0 amide bonds. The van der Waals surface area contributed by atoms with Gasteiger partial charge in [-0.1, -0.05) is 96.3 Å². The van der Waals surface area contributed by atoms with Gasteiger partial charge in [-0.25, -0.2) is 0 Å². The lowest BCUT2D eigenvalue weighted by Crippen LogP contribution is -2.60. The summed E-state index contributed by atoms with van der Waals surface area (Å²) in [5.41, 5.74) is 0. The van der Waals surface area contributed by atoms with Crippen molar-refractivity contribution in [3.05, 3.63) is 0 Å². The highest BCUT2D eigenvalue weighted by Gasteiger charge is 2.61. The maximum absolute atomic E-state index is 6.98. The molecule has 0 spiro atoms. The zero-order valence-corrected chi connectivity index (χ0v) is 34.8. The lowest BCUT2D eigenvalue weighted by atomic mass is 9.64. The summed E-state index contributed by atoms with van der Waals surface area (Å²) < 4.78 is 6.98. The van der Waals surface area contributed by atoms with Gasteiger partial charge in [0.2, 0.25) is 0 Å². The fourth-order valence-electron chi connectivity index (χ4n) is 17.4. The van der Waals surface area contributed by atoms with Gasteiger partial charge in [-0.05, 0) is 143 Å². The van der Waals surface area contributed by atoms with Crippen molar-refractivity contribution in [1.82, 2.24) is 4.90 Å². The summed E-state index contributed by atoms with van der Waals surface area (Å²) in [6.45, 7) is 0. The van der Waals surface area contributed by atoms with Crippen molar-refractivity contribution < 1.29 is 4.74 Å². The molecule has 0 aromatic rings. The second-order valence-electron chi connectivity index (χ2n) is 21.5.